The Hall–Kier alpha value is -2.08. The molecule has 0 radical (unpaired) electrons. The van der Waals surface area contributed by atoms with Gasteiger partial charge in [0.25, 0.3) is 0 Å². The van der Waals surface area contributed by atoms with Crippen LogP contribution in [0.3, 0.4) is 0 Å². The average molecular weight is 277 g/mol. The number of allylic oxidation sites excluding steroid dienone is 3. The maximum Gasteiger partial charge on any atom is 0.0700 e. The van der Waals surface area contributed by atoms with Crippen molar-refractivity contribution >= 4 is 0 Å². The van der Waals surface area contributed by atoms with Gasteiger partial charge in [0, 0.05) is 36.6 Å². The number of nitrogens with zero attached hydrogens (tertiary/aromatic N) is 3. The van der Waals surface area contributed by atoms with Crippen LogP contribution in [0.5, 0.6) is 0 Å². The summed E-state index contributed by atoms with van der Waals surface area (Å²) in [6, 6.07) is 6.55. The summed E-state index contributed by atoms with van der Waals surface area (Å²) in [6.45, 7) is 2.36. The summed E-state index contributed by atoms with van der Waals surface area (Å²) >= 11 is 0. The monoisotopic (exact) mass is 277 g/mol. The zero-order chi connectivity index (χ0) is 14.3. The first-order valence-electron chi connectivity index (χ1n) is 7.71. The van der Waals surface area contributed by atoms with E-state index in [0.29, 0.717) is 11.3 Å². The average Bonchev–Trinajstić information content (AvgIpc) is 2.46. The first-order valence-corrected chi connectivity index (χ1v) is 7.71. The predicted molar refractivity (Wildman–Crippen MR) is 81.2 cm³/mol. The van der Waals surface area contributed by atoms with E-state index in [9.17, 15) is 0 Å². The zero-order valence-electron chi connectivity index (χ0n) is 12.1. The maximum atomic E-state index is 8.91. The Morgan fingerprint density at radius 2 is 2.19 bits per heavy atom. The molecule has 2 aliphatic carbocycles. The van der Waals surface area contributed by atoms with Crippen molar-refractivity contribution in [1.29, 1.82) is 5.26 Å². The molecule has 1 saturated carbocycles. The van der Waals surface area contributed by atoms with E-state index in [0.717, 1.165) is 6.42 Å². The summed E-state index contributed by atoms with van der Waals surface area (Å²) in [4.78, 5) is 6.69. The van der Waals surface area contributed by atoms with Gasteiger partial charge in [-0.1, -0.05) is 18.2 Å². The normalized spacial score (nSPS) is 26.7. The second-order valence-electron chi connectivity index (χ2n) is 6.71. The molecule has 0 aromatic carbocycles. The molecule has 2 heterocycles. The number of nitriles is 1. The van der Waals surface area contributed by atoms with Gasteiger partial charge in [0.1, 0.15) is 0 Å². The van der Waals surface area contributed by atoms with Crippen molar-refractivity contribution in [3.05, 3.63) is 54.0 Å². The molecule has 0 unspecified atom stereocenters. The molecule has 3 aliphatic rings. The molecule has 3 nitrogen and oxygen atoms in total. The minimum Gasteiger partial charge on any atom is -0.371 e. The van der Waals surface area contributed by atoms with Crippen LogP contribution in [0, 0.1) is 22.7 Å². The van der Waals surface area contributed by atoms with Gasteiger partial charge in [-0.25, -0.2) is 0 Å². The fourth-order valence-corrected chi connectivity index (χ4v) is 3.98. The number of aromatic nitrogens is 1. The lowest BCUT2D eigenvalue weighted by atomic mass is 9.56. The number of hydrogen-bond donors (Lipinski definition) is 0. The maximum absolute atomic E-state index is 8.91. The van der Waals surface area contributed by atoms with Gasteiger partial charge in [0.15, 0.2) is 0 Å². The second kappa shape index (κ2) is 4.73. The van der Waals surface area contributed by atoms with Gasteiger partial charge >= 0.3 is 0 Å². The molecule has 2 fully saturated rings. The molecule has 1 aromatic rings. The summed E-state index contributed by atoms with van der Waals surface area (Å²) in [5, 5.41) is 8.91. The highest BCUT2D eigenvalue weighted by molar-refractivity contribution is 5.30. The summed E-state index contributed by atoms with van der Waals surface area (Å²) in [6.07, 6.45) is 13.7. The first-order chi connectivity index (χ1) is 10.3. The SMILES string of the molecule is N#C[C@H]1C=CC(N2CC3(CC(c4cccnc4)C3)C2)=CC1. The van der Waals surface area contributed by atoms with Crippen molar-refractivity contribution in [1.82, 2.24) is 9.88 Å². The van der Waals surface area contributed by atoms with Crippen molar-refractivity contribution in [2.45, 2.75) is 25.2 Å². The summed E-state index contributed by atoms with van der Waals surface area (Å²) in [5.41, 5.74) is 3.26. The van der Waals surface area contributed by atoms with Crippen LogP contribution in [-0.2, 0) is 0 Å². The van der Waals surface area contributed by atoms with Crippen molar-refractivity contribution < 1.29 is 0 Å². The van der Waals surface area contributed by atoms with Crippen LogP contribution in [0.1, 0.15) is 30.7 Å². The van der Waals surface area contributed by atoms with E-state index < -0.39 is 0 Å². The lowest BCUT2D eigenvalue weighted by molar-refractivity contribution is -0.0518. The van der Waals surface area contributed by atoms with Crippen LogP contribution in [0.2, 0.25) is 0 Å². The minimum absolute atomic E-state index is 0.0719. The molecule has 1 saturated heterocycles. The van der Waals surface area contributed by atoms with Crippen molar-refractivity contribution in [3.63, 3.8) is 0 Å². The van der Waals surface area contributed by atoms with Gasteiger partial charge in [0.05, 0.1) is 12.0 Å². The fourth-order valence-electron chi connectivity index (χ4n) is 3.98. The van der Waals surface area contributed by atoms with Gasteiger partial charge < -0.3 is 4.90 Å². The third-order valence-electron chi connectivity index (χ3n) is 5.18. The van der Waals surface area contributed by atoms with E-state index in [2.05, 4.69) is 34.2 Å². The largest absolute Gasteiger partial charge is 0.371 e. The molecule has 0 bridgehead atoms. The molecule has 1 spiro atoms. The Bertz CT molecular complexity index is 624. The standard InChI is InChI=1S/C18H19N3/c19-10-14-3-5-17(6-4-14)21-12-18(13-21)8-16(9-18)15-2-1-7-20-11-15/h1-3,5-7,11,14,16H,4,8-9,12-13H2/t14-/m0/s1. The van der Waals surface area contributed by atoms with Gasteiger partial charge in [-0.2, -0.15) is 5.26 Å². The van der Waals surface area contributed by atoms with Gasteiger partial charge in [-0.15, -0.1) is 0 Å². The smallest absolute Gasteiger partial charge is 0.0700 e. The van der Waals surface area contributed by atoms with E-state index in [1.807, 2.05) is 24.5 Å². The second-order valence-corrected chi connectivity index (χ2v) is 6.71. The highest BCUT2D eigenvalue weighted by Crippen LogP contribution is 2.56. The summed E-state index contributed by atoms with van der Waals surface area (Å²) in [5.74, 6) is 0.780. The summed E-state index contributed by atoms with van der Waals surface area (Å²) < 4.78 is 0. The quantitative estimate of drug-likeness (QED) is 0.833. The predicted octanol–water partition coefficient (Wildman–Crippen LogP) is 3.24. The molecule has 1 aromatic heterocycles. The van der Waals surface area contributed by atoms with E-state index in [1.165, 1.54) is 37.2 Å². The van der Waals surface area contributed by atoms with Gasteiger partial charge in [0.2, 0.25) is 0 Å². The van der Waals surface area contributed by atoms with Gasteiger partial charge in [-0.05, 0) is 42.9 Å². The molecular formula is C18H19N3. The van der Waals surface area contributed by atoms with Crippen LogP contribution < -0.4 is 0 Å². The Kier molecular flexibility index (Phi) is 2.85. The fraction of sp³-hybridized carbons (Fsp3) is 0.444. The van der Waals surface area contributed by atoms with Crippen LogP contribution in [-0.4, -0.2) is 23.0 Å². The number of rotatable bonds is 2. The van der Waals surface area contributed by atoms with Crippen molar-refractivity contribution in [2.24, 2.45) is 11.3 Å². The first kappa shape index (κ1) is 12.6. The molecule has 1 atom stereocenters. The van der Waals surface area contributed by atoms with E-state index in [4.69, 9.17) is 5.26 Å². The third-order valence-corrected chi connectivity index (χ3v) is 5.18. The number of likely N-dealkylation sites (tertiary alicyclic amines) is 1. The zero-order valence-corrected chi connectivity index (χ0v) is 12.1. The topological polar surface area (TPSA) is 39.9 Å². The minimum atomic E-state index is 0.0719. The number of pyridine rings is 1. The van der Waals surface area contributed by atoms with E-state index in [1.54, 1.807) is 0 Å². The highest BCUT2D eigenvalue weighted by atomic mass is 15.2. The lowest BCUT2D eigenvalue weighted by Crippen LogP contribution is -2.60. The highest BCUT2D eigenvalue weighted by Gasteiger charge is 2.52. The Morgan fingerprint density at radius 1 is 1.33 bits per heavy atom. The van der Waals surface area contributed by atoms with E-state index >= 15 is 0 Å². The lowest BCUT2D eigenvalue weighted by Gasteiger charge is -2.60. The molecule has 106 valence electrons. The van der Waals surface area contributed by atoms with E-state index in [-0.39, 0.29) is 5.92 Å². The molecule has 1 aliphatic heterocycles. The van der Waals surface area contributed by atoms with Crippen molar-refractivity contribution in [2.75, 3.05) is 13.1 Å². The van der Waals surface area contributed by atoms with Gasteiger partial charge in [-0.3, -0.25) is 4.98 Å². The third kappa shape index (κ3) is 2.15. The molecular weight excluding hydrogens is 258 g/mol. The molecule has 0 N–H and O–H groups in total. The van der Waals surface area contributed by atoms with Crippen LogP contribution in [0.4, 0.5) is 0 Å². The summed E-state index contributed by atoms with van der Waals surface area (Å²) in [7, 11) is 0. The molecule has 21 heavy (non-hydrogen) atoms. The van der Waals surface area contributed by atoms with Crippen LogP contribution >= 0.6 is 0 Å². The van der Waals surface area contributed by atoms with Crippen molar-refractivity contribution in [3.8, 4) is 6.07 Å². The molecule has 3 heteroatoms. The Morgan fingerprint density at radius 3 is 2.81 bits per heavy atom. The van der Waals surface area contributed by atoms with Crippen LogP contribution in [0.25, 0.3) is 0 Å². The Labute approximate surface area is 125 Å². The Balaban J connectivity index is 1.32. The molecule has 4 rings (SSSR count). The number of hydrogen-bond acceptors (Lipinski definition) is 3. The van der Waals surface area contributed by atoms with Crippen LogP contribution in [0.15, 0.2) is 48.5 Å². The molecule has 0 amide bonds.